The summed E-state index contributed by atoms with van der Waals surface area (Å²) >= 11 is 0. The zero-order chi connectivity index (χ0) is 16.0. The van der Waals surface area contributed by atoms with Crippen LogP contribution in [0.5, 0.6) is 5.75 Å². The first-order valence-electron chi connectivity index (χ1n) is 6.22. The van der Waals surface area contributed by atoms with Crippen molar-refractivity contribution in [1.29, 1.82) is 0 Å². The number of hydrogen-bond donors (Lipinski definition) is 2. The minimum absolute atomic E-state index is 0.113. The summed E-state index contributed by atoms with van der Waals surface area (Å²) in [5.74, 6) is -0.350. The number of carbonyl (C=O) groups is 1. The van der Waals surface area contributed by atoms with Gasteiger partial charge in [0.05, 0.1) is 11.9 Å². The third-order valence-electron chi connectivity index (χ3n) is 2.56. The van der Waals surface area contributed by atoms with Gasteiger partial charge in [-0.3, -0.25) is 4.98 Å². The first-order valence-corrected chi connectivity index (χ1v) is 6.22. The molecule has 0 fully saturated rings. The Morgan fingerprint density at radius 2 is 1.95 bits per heavy atom. The van der Waals surface area contributed by atoms with Crippen molar-refractivity contribution in [1.82, 2.24) is 10.3 Å². The van der Waals surface area contributed by atoms with Crippen molar-refractivity contribution < 1.29 is 22.7 Å². The Kier molecular flexibility index (Phi) is 4.82. The molecule has 2 aromatic rings. The van der Waals surface area contributed by atoms with E-state index >= 15 is 0 Å². The van der Waals surface area contributed by atoms with Gasteiger partial charge < -0.3 is 15.4 Å². The molecule has 0 aliphatic carbocycles. The van der Waals surface area contributed by atoms with Crippen LogP contribution in [0.4, 0.5) is 23.7 Å². The molecule has 0 saturated carbocycles. The van der Waals surface area contributed by atoms with Crippen molar-refractivity contribution in [3.63, 3.8) is 0 Å². The number of nitrogens with zero attached hydrogens (tertiary/aromatic N) is 1. The van der Waals surface area contributed by atoms with Crippen molar-refractivity contribution >= 4 is 11.7 Å². The number of amides is 2. The summed E-state index contributed by atoms with van der Waals surface area (Å²) in [6.45, 7) is -0.113. The maximum absolute atomic E-state index is 12.3. The minimum Gasteiger partial charge on any atom is -0.405 e. The highest BCUT2D eigenvalue weighted by atomic mass is 19.4. The summed E-state index contributed by atoms with van der Waals surface area (Å²) in [5, 5.41) is 4.95. The van der Waals surface area contributed by atoms with Gasteiger partial charge in [0, 0.05) is 18.3 Å². The Morgan fingerprint density at radius 3 is 2.64 bits per heavy atom. The molecule has 0 bridgehead atoms. The highest BCUT2D eigenvalue weighted by molar-refractivity contribution is 5.88. The maximum atomic E-state index is 12.3. The molecular weight excluding hydrogens is 299 g/mol. The highest BCUT2D eigenvalue weighted by Crippen LogP contribution is 2.26. The molecule has 0 atom stereocenters. The molecule has 1 heterocycles. The second-order valence-electron chi connectivity index (χ2n) is 4.20. The molecule has 0 aliphatic heterocycles. The van der Waals surface area contributed by atoms with Crippen molar-refractivity contribution in [3.8, 4) is 5.75 Å². The van der Waals surface area contributed by atoms with E-state index in [0.29, 0.717) is 5.69 Å². The number of hydrogen-bond acceptors (Lipinski definition) is 3. The number of halogens is 3. The van der Waals surface area contributed by atoms with Gasteiger partial charge in [-0.2, -0.15) is 0 Å². The smallest absolute Gasteiger partial charge is 0.405 e. The van der Waals surface area contributed by atoms with E-state index in [4.69, 9.17) is 0 Å². The van der Waals surface area contributed by atoms with Gasteiger partial charge in [-0.1, -0.05) is 18.2 Å². The van der Waals surface area contributed by atoms with Crippen molar-refractivity contribution in [2.45, 2.75) is 12.9 Å². The fourth-order valence-electron chi connectivity index (χ4n) is 1.66. The van der Waals surface area contributed by atoms with Gasteiger partial charge >= 0.3 is 12.4 Å². The number of aromatic nitrogens is 1. The monoisotopic (exact) mass is 311 g/mol. The number of urea groups is 1. The fourth-order valence-corrected chi connectivity index (χ4v) is 1.66. The van der Waals surface area contributed by atoms with Crippen LogP contribution in [0.3, 0.4) is 0 Å². The Morgan fingerprint density at radius 1 is 1.18 bits per heavy atom. The number of pyridine rings is 1. The van der Waals surface area contributed by atoms with Gasteiger partial charge in [0.15, 0.2) is 0 Å². The maximum Gasteiger partial charge on any atom is 0.573 e. The second-order valence-corrected chi connectivity index (χ2v) is 4.20. The van der Waals surface area contributed by atoms with Gasteiger partial charge in [0.25, 0.3) is 0 Å². The molecule has 0 spiro atoms. The zero-order valence-electron chi connectivity index (χ0n) is 11.2. The number of benzene rings is 1. The standard InChI is InChI=1S/C14H12F3N3O2/c15-14(16,17)22-12-6-2-1-4-10(12)8-19-13(21)20-11-5-3-7-18-9-11/h1-7,9H,8H2,(H2,19,20,21). The summed E-state index contributed by atoms with van der Waals surface area (Å²) in [4.78, 5) is 15.5. The van der Waals surface area contributed by atoms with Crippen LogP contribution in [0.2, 0.25) is 0 Å². The lowest BCUT2D eigenvalue weighted by molar-refractivity contribution is -0.274. The lowest BCUT2D eigenvalue weighted by Gasteiger charge is -2.13. The minimum atomic E-state index is -4.78. The highest BCUT2D eigenvalue weighted by Gasteiger charge is 2.31. The topological polar surface area (TPSA) is 63.2 Å². The number of nitrogens with one attached hydrogen (secondary N) is 2. The molecule has 1 aromatic heterocycles. The van der Waals surface area contributed by atoms with Crippen LogP contribution in [-0.4, -0.2) is 17.4 Å². The van der Waals surface area contributed by atoms with E-state index in [2.05, 4.69) is 20.4 Å². The normalized spacial score (nSPS) is 10.9. The predicted molar refractivity (Wildman–Crippen MR) is 73.2 cm³/mol. The molecule has 2 rings (SSSR count). The molecule has 0 radical (unpaired) electrons. The Labute approximate surface area is 124 Å². The fraction of sp³-hybridized carbons (Fsp3) is 0.143. The SMILES string of the molecule is O=C(NCc1ccccc1OC(F)(F)F)Nc1cccnc1. The van der Waals surface area contributed by atoms with Crippen LogP contribution >= 0.6 is 0 Å². The molecule has 8 heteroatoms. The number of anilines is 1. The van der Waals surface area contributed by atoms with E-state index < -0.39 is 12.4 Å². The van der Waals surface area contributed by atoms with Gasteiger partial charge in [-0.05, 0) is 18.2 Å². The first kappa shape index (κ1) is 15.6. The molecule has 1 aromatic carbocycles. The Balaban J connectivity index is 1.95. The first-order chi connectivity index (χ1) is 10.4. The summed E-state index contributed by atoms with van der Waals surface area (Å²) < 4.78 is 40.7. The van der Waals surface area contributed by atoms with Crippen LogP contribution in [0.25, 0.3) is 0 Å². The number of ether oxygens (including phenoxy) is 1. The predicted octanol–water partition coefficient (Wildman–Crippen LogP) is 3.30. The number of rotatable bonds is 4. The van der Waals surface area contributed by atoms with Crippen LogP contribution in [0.15, 0.2) is 48.8 Å². The van der Waals surface area contributed by atoms with E-state index in [0.717, 1.165) is 0 Å². The van der Waals surface area contributed by atoms with Gasteiger partial charge in [0.1, 0.15) is 5.75 Å². The summed E-state index contributed by atoms with van der Waals surface area (Å²) in [7, 11) is 0. The van der Waals surface area contributed by atoms with Crippen molar-refractivity contribution in [2.75, 3.05) is 5.32 Å². The molecule has 0 aliphatic rings. The van der Waals surface area contributed by atoms with Gasteiger partial charge in [-0.25, -0.2) is 4.79 Å². The van der Waals surface area contributed by atoms with Crippen LogP contribution in [0.1, 0.15) is 5.56 Å². The Bertz CT molecular complexity index is 633. The molecule has 22 heavy (non-hydrogen) atoms. The number of para-hydroxylation sites is 1. The average Bonchev–Trinajstić information content (AvgIpc) is 2.46. The van der Waals surface area contributed by atoms with E-state index in [1.165, 1.54) is 24.4 Å². The Hall–Kier alpha value is -2.77. The average molecular weight is 311 g/mol. The lowest BCUT2D eigenvalue weighted by Crippen LogP contribution is -2.28. The third kappa shape index (κ3) is 4.97. The quantitative estimate of drug-likeness (QED) is 0.910. The summed E-state index contributed by atoms with van der Waals surface area (Å²) in [6.07, 6.45) is -1.79. The summed E-state index contributed by atoms with van der Waals surface area (Å²) in [6, 6.07) is 8.30. The molecule has 5 nitrogen and oxygen atoms in total. The van der Waals surface area contributed by atoms with Gasteiger partial charge in [0.2, 0.25) is 0 Å². The third-order valence-corrected chi connectivity index (χ3v) is 2.56. The van der Waals surface area contributed by atoms with Crippen LogP contribution in [0, 0.1) is 0 Å². The molecule has 0 saturated heterocycles. The largest absolute Gasteiger partial charge is 0.573 e. The zero-order valence-corrected chi connectivity index (χ0v) is 11.2. The molecule has 2 N–H and O–H groups in total. The van der Waals surface area contributed by atoms with Crippen LogP contribution in [-0.2, 0) is 6.54 Å². The molecular formula is C14H12F3N3O2. The molecule has 2 amide bonds. The van der Waals surface area contributed by atoms with Crippen molar-refractivity contribution in [3.05, 3.63) is 54.4 Å². The van der Waals surface area contributed by atoms with Crippen molar-refractivity contribution in [2.24, 2.45) is 0 Å². The molecule has 0 unspecified atom stereocenters. The number of carbonyl (C=O) groups excluding carboxylic acids is 1. The van der Waals surface area contributed by atoms with E-state index in [-0.39, 0.29) is 17.9 Å². The lowest BCUT2D eigenvalue weighted by atomic mass is 10.2. The summed E-state index contributed by atoms with van der Waals surface area (Å²) in [5.41, 5.74) is 0.681. The number of alkyl halides is 3. The van der Waals surface area contributed by atoms with Gasteiger partial charge in [-0.15, -0.1) is 13.2 Å². The van der Waals surface area contributed by atoms with E-state index in [1.807, 2.05) is 0 Å². The van der Waals surface area contributed by atoms with E-state index in [9.17, 15) is 18.0 Å². The van der Waals surface area contributed by atoms with Crippen LogP contribution < -0.4 is 15.4 Å². The van der Waals surface area contributed by atoms with E-state index in [1.54, 1.807) is 24.4 Å². The molecule has 116 valence electrons. The second kappa shape index (κ2) is 6.79.